The van der Waals surface area contributed by atoms with E-state index in [0.717, 1.165) is 44.8 Å². The third-order valence-electron chi connectivity index (χ3n) is 2.87. The summed E-state index contributed by atoms with van der Waals surface area (Å²) in [5, 5.41) is 0. The fraction of sp³-hybridized carbons (Fsp3) is 0.318. The third kappa shape index (κ3) is 19.9. The Labute approximate surface area is 142 Å². The van der Waals surface area contributed by atoms with Crippen molar-refractivity contribution in [3.63, 3.8) is 0 Å². The summed E-state index contributed by atoms with van der Waals surface area (Å²) in [7, 11) is 0. The van der Waals surface area contributed by atoms with Gasteiger partial charge in [0.15, 0.2) is 0 Å². The fourth-order valence-corrected chi connectivity index (χ4v) is 1.69. The molecular weight excluding hydrogens is 280 g/mol. The summed E-state index contributed by atoms with van der Waals surface area (Å²) in [6.45, 7) is 2.15. The lowest BCUT2D eigenvalue weighted by Gasteiger charge is -1.85. The topological polar surface area (TPSA) is 17.1 Å². The Balaban J connectivity index is 3.54. The highest BCUT2D eigenvalue weighted by atomic mass is 16.1. The van der Waals surface area contributed by atoms with Crippen molar-refractivity contribution in [3.05, 3.63) is 85.1 Å². The number of hydrogen-bond acceptors (Lipinski definition) is 1. The van der Waals surface area contributed by atoms with E-state index in [2.05, 4.69) is 67.7 Å². The van der Waals surface area contributed by atoms with Crippen LogP contribution in [0.25, 0.3) is 0 Å². The van der Waals surface area contributed by atoms with Crippen LogP contribution in [0.1, 0.15) is 45.4 Å². The van der Waals surface area contributed by atoms with Crippen molar-refractivity contribution in [3.8, 4) is 0 Å². The van der Waals surface area contributed by atoms with Crippen molar-refractivity contribution in [1.82, 2.24) is 0 Å². The lowest BCUT2D eigenvalue weighted by molar-refractivity contribution is -0.104. The minimum atomic E-state index is 0.778. The van der Waals surface area contributed by atoms with Crippen LogP contribution in [0.2, 0.25) is 0 Å². The maximum Gasteiger partial charge on any atom is 0.142 e. The molecule has 0 N–H and O–H groups in total. The van der Waals surface area contributed by atoms with Crippen LogP contribution in [-0.4, -0.2) is 6.29 Å². The molecule has 0 aromatic rings. The molecule has 0 bridgehead atoms. The quantitative estimate of drug-likeness (QED) is 0.165. The molecule has 0 amide bonds. The second-order valence-electron chi connectivity index (χ2n) is 4.89. The van der Waals surface area contributed by atoms with Crippen LogP contribution >= 0.6 is 0 Å². The van der Waals surface area contributed by atoms with Gasteiger partial charge >= 0.3 is 0 Å². The van der Waals surface area contributed by atoms with Crippen molar-refractivity contribution >= 4 is 6.29 Å². The van der Waals surface area contributed by atoms with Gasteiger partial charge in [-0.05, 0) is 44.6 Å². The van der Waals surface area contributed by atoms with Crippen molar-refractivity contribution in [2.24, 2.45) is 0 Å². The highest BCUT2D eigenvalue weighted by Crippen LogP contribution is 1.96. The first-order valence-corrected chi connectivity index (χ1v) is 8.43. The van der Waals surface area contributed by atoms with Crippen molar-refractivity contribution in [2.75, 3.05) is 0 Å². The Kier molecular flexibility index (Phi) is 18.0. The molecule has 0 aromatic carbocycles. The van der Waals surface area contributed by atoms with E-state index < -0.39 is 0 Å². The summed E-state index contributed by atoms with van der Waals surface area (Å²) in [5.41, 5.74) is 0. The molecule has 124 valence electrons. The molecule has 1 nitrogen and oxygen atoms in total. The fourth-order valence-electron chi connectivity index (χ4n) is 1.69. The van der Waals surface area contributed by atoms with Gasteiger partial charge in [0.2, 0.25) is 0 Å². The average molecular weight is 310 g/mol. The molecule has 0 saturated carbocycles. The Bertz CT molecular complexity index is 456. The molecule has 0 fully saturated rings. The minimum Gasteiger partial charge on any atom is -0.299 e. The van der Waals surface area contributed by atoms with Crippen LogP contribution in [-0.2, 0) is 4.79 Å². The van der Waals surface area contributed by atoms with Crippen LogP contribution < -0.4 is 0 Å². The largest absolute Gasteiger partial charge is 0.299 e. The Morgan fingerprint density at radius 3 is 1.26 bits per heavy atom. The molecule has 0 aromatic heterocycles. The second-order valence-corrected chi connectivity index (χ2v) is 4.89. The second kappa shape index (κ2) is 19.9. The normalized spacial score (nSPS) is 13.4. The van der Waals surface area contributed by atoms with Gasteiger partial charge in [0.25, 0.3) is 0 Å². The lowest BCUT2D eigenvalue weighted by atomic mass is 10.2. The molecular formula is C22H30O. The molecule has 23 heavy (non-hydrogen) atoms. The third-order valence-corrected chi connectivity index (χ3v) is 2.87. The molecule has 0 aliphatic heterocycles. The van der Waals surface area contributed by atoms with Gasteiger partial charge < -0.3 is 0 Å². The Morgan fingerprint density at radius 2 is 0.870 bits per heavy atom. The summed E-state index contributed by atoms with van der Waals surface area (Å²) in [4.78, 5) is 10.0. The molecule has 0 unspecified atom stereocenters. The van der Waals surface area contributed by atoms with E-state index in [9.17, 15) is 4.79 Å². The van der Waals surface area contributed by atoms with E-state index in [1.165, 1.54) is 6.08 Å². The van der Waals surface area contributed by atoms with Crippen molar-refractivity contribution in [2.45, 2.75) is 45.4 Å². The van der Waals surface area contributed by atoms with Gasteiger partial charge in [0.05, 0.1) is 0 Å². The molecule has 0 rings (SSSR count). The molecule has 0 aliphatic carbocycles. The summed E-state index contributed by atoms with van der Waals surface area (Å²) in [6.07, 6.45) is 35.8. The SMILES string of the molecule is CC/C=C\C/C=C\C/C=C\C/C=C\C/C=C\C/C=C/C=C/C=O. The van der Waals surface area contributed by atoms with Gasteiger partial charge in [-0.1, -0.05) is 85.9 Å². The zero-order valence-corrected chi connectivity index (χ0v) is 14.3. The zero-order valence-electron chi connectivity index (χ0n) is 14.3. The van der Waals surface area contributed by atoms with Crippen LogP contribution in [0.3, 0.4) is 0 Å². The number of hydrogen-bond donors (Lipinski definition) is 0. The zero-order chi connectivity index (χ0) is 16.8. The average Bonchev–Trinajstić information content (AvgIpc) is 2.57. The number of carbonyl (C=O) groups is 1. The molecule has 0 aliphatic rings. The van der Waals surface area contributed by atoms with Gasteiger partial charge in [-0.15, -0.1) is 0 Å². The van der Waals surface area contributed by atoms with E-state index in [-0.39, 0.29) is 0 Å². The van der Waals surface area contributed by atoms with Gasteiger partial charge in [0, 0.05) is 0 Å². The van der Waals surface area contributed by atoms with Crippen LogP contribution in [0.5, 0.6) is 0 Å². The van der Waals surface area contributed by atoms with Crippen molar-refractivity contribution < 1.29 is 4.79 Å². The summed E-state index contributed by atoms with van der Waals surface area (Å²) >= 11 is 0. The maximum atomic E-state index is 10.0. The van der Waals surface area contributed by atoms with Gasteiger partial charge in [-0.25, -0.2) is 0 Å². The first-order chi connectivity index (χ1) is 11.4. The molecule has 0 heterocycles. The number of aldehydes is 1. The Hall–Kier alpha value is -2.15. The maximum absolute atomic E-state index is 10.0. The standard InChI is InChI=1S/C22H30O/c1-2-3-4-5-6-7-8-9-10-11-12-13-14-15-16-17-18-19-20-21-22-23/h3-4,6-7,9-10,12-13,15-16,18-22H,2,5,8,11,14,17H2,1H3/b4-3-,7-6-,10-9-,13-12-,16-15-,19-18+,21-20+. The van der Waals surface area contributed by atoms with Crippen LogP contribution in [0, 0.1) is 0 Å². The highest BCUT2D eigenvalue weighted by molar-refractivity contribution is 5.65. The molecule has 0 radical (unpaired) electrons. The first-order valence-electron chi connectivity index (χ1n) is 8.43. The van der Waals surface area contributed by atoms with E-state index in [4.69, 9.17) is 0 Å². The monoisotopic (exact) mass is 310 g/mol. The van der Waals surface area contributed by atoms with E-state index in [1.54, 1.807) is 6.08 Å². The van der Waals surface area contributed by atoms with Crippen molar-refractivity contribution in [1.29, 1.82) is 0 Å². The highest BCUT2D eigenvalue weighted by Gasteiger charge is 1.75. The van der Waals surface area contributed by atoms with Gasteiger partial charge in [0.1, 0.15) is 6.29 Å². The molecule has 1 heteroatoms. The van der Waals surface area contributed by atoms with E-state index in [1.807, 2.05) is 12.2 Å². The van der Waals surface area contributed by atoms with Gasteiger partial charge in [-0.2, -0.15) is 0 Å². The lowest BCUT2D eigenvalue weighted by Crippen LogP contribution is -1.64. The van der Waals surface area contributed by atoms with Crippen LogP contribution in [0.4, 0.5) is 0 Å². The van der Waals surface area contributed by atoms with Gasteiger partial charge in [-0.3, -0.25) is 4.79 Å². The summed E-state index contributed by atoms with van der Waals surface area (Å²) < 4.78 is 0. The van der Waals surface area contributed by atoms with Crippen LogP contribution in [0.15, 0.2) is 85.1 Å². The predicted octanol–water partition coefficient (Wildman–Crippen LogP) is 6.44. The summed E-state index contributed by atoms with van der Waals surface area (Å²) in [6, 6.07) is 0. The van der Waals surface area contributed by atoms with E-state index >= 15 is 0 Å². The smallest absolute Gasteiger partial charge is 0.142 e. The minimum absolute atomic E-state index is 0.778. The molecule has 0 spiro atoms. The molecule has 0 saturated heterocycles. The molecule has 0 atom stereocenters. The number of carbonyl (C=O) groups excluding carboxylic acids is 1. The number of rotatable bonds is 13. The number of allylic oxidation sites excluding steroid dienone is 14. The first kappa shape index (κ1) is 20.9. The Morgan fingerprint density at radius 1 is 0.478 bits per heavy atom. The van der Waals surface area contributed by atoms with E-state index in [0.29, 0.717) is 0 Å². The predicted molar refractivity (Wildman–Crippen MR) is 103 cm³/mol. The summed E-state index contributed by atoms with van der Waals surface area (Å²) in [5.74, 6) is 0.